The summed E-state index contributed by atoms with van der Waals surface area (Å²) in [6.07, 6.45) is 5.32. The first-order valence-electron chi connectivity index (χ1n) is 6.98. The molecule has 21 heavy (non-hydrogen) atoms. The topological polar surface area (TPSA) is 57.5 Å². The number of carbonyl (C=O) groups is 1. The molecule has 0 fully saturated rings. The number of aromatic hydroxyl groups is 1. The van der Waals surface area contributed by atoms with Crippen molar-refractivity contribution in [2.24, 2.45) is 0 Å². The summed E-state index contributed by atoms with van der Waals surface area (Å²) in [5.41, 5.74) is 1.08. The molecule has 0 saturated carbocycles. The Balaban J connectivity index is 0.000000491. The van der Waals surface area contributed by atoms with E-state index in [1.807, 2.05) is 18.2 Å². The fourth-order valence-corrected chi connectivity index (χ4v) is 2.77. The Kier molecular flexibility index (Phi) is 7.09. The summed E-state index contributed by atoms with van der Waals surface area (Å²) < 4.78 is 0. The predicted molar refractivity (Wildman–Crippen MR) is 89.3 cm³/mol. The molecule has 0 saturated heterocycles. The largest absolute Gasteiger partial charge is 0.507 e. The van der Waals surface area contributed by atoms with Gasteiger partial charge in [-0.15, -0.1) is 11.8 Å². The molecule has 0 aliphatic heterocycles. The second-order valence-electron chi connectivity index (χ2n) is 4.75. The number of phenolic OH excluding ortho intramolecular Hbond substituents is 1. The minimum absolute atomic E-state index is 0.465. The molecule has 0 radical (unpaired) electrons. The second kappa shape index (κ2) is 8.57. The number of carboxylic acids is 1. The van der Waals surface area contributed by atoms with Crippen LogP contribution in [0.5, 0.6) is 5.75 Å². The molecule has 0 bridgehead atoms. The maximum Gasteiger partial charge on any atom is 0.300 e. The summed E-state index contributed by atoms with van der Waals surface area (Å²) in [5, 5.41) is 19.8. The Morgan fingerprint density at radius 1 is 1.24 bits per heavy atom. The van der Waals surface area contributed by atoms with Crippen molar-refractivity contribution in [2.75, 3.05) is 6.26 Å². The van der Waals surface area contributed by atoms with Crippen molar-refractivity contribution in [1.29, 1.82) is 0 Å². The van der Waals surface area contributed by atoms with Crippen LogP contribution in [0.4, 0.5) is 0 Å². The SMILES string of the molecule is CC(=O)O.CCCCc1cc(SC)c2ccccc2c1O. The maximum atomic E-state index is 10.3. The van der Waals surface area contributed by atoms with Crippen LogP contribution in [0.15, 0.2) is 35.2 Å². The van der Waals surface area contributed by atoms with Gasteiger partial charge in [0.1, 0.15) is 5.75 Å². The number of hydrogen-bond acceptors (Lipinski definition) is 3. The van der Waals surface area contributed by atoms with Crippen LogP contribution in [0.2, 0.25) is 0 Å². The Hall–Kier alpha value is -1.68. The number of phenols is 1. The third-order valence-corrected chi connectivity index (χ3v) is 3.85. The normalized spacial score (nSPS) is 10.0. The molecule has 3 nitrogen and oxygen atoms in total. The van der Waals surface area contributed by atoms with E-state index in [1.54, 1.807) is 11.8 Å². The van der Waals surface area contributed by atoms with Crippen LogP contribution in [0.25, 0.3) is 10.8 Å². The van der Waals surface area contributed by atoms with E-state index < -0.39 is 5.97 Å². The Bertz CT molecular complexity index is 604. The number of aliphatic carboxylic acids is 1. The van der Waals surface area contributed by atoms with Gasteiger partial charge in [-0.1, -0.05) is 37.6 Å². The Morgan fingerprint density at radius 3 is 2.33 bits per heavy atom. The van der Waals surface area contributed by atoms with E-state index in [9.17, 15) is 5.11 Å². The lowest BCUT2D eigenvalue weighted by molar-refractivity contribution is -0.134. The van der Waals surface area contributed by atoms with Crippen molar-refractivity contribution in [1.82, 2.24) is 0 Å². The summed E-state index contributed by atoms with van der Waals surface area (Å²) >= 11 is 1.74. The molecule has 0 aliphatic carbocycles. The van der Waals surface area contributed by atoms with E-state index in [1.165, 1.54) is 4.90 Å². The summed E-state index contributed by atoms with van der Waals surface area (Å²) in [5.74, 6) is -0.369. The lowest BCUT2D eigenvalue weighted by Crippen LogP contribution is -1.89. The zero-order valence-corrected chi connectivity index (χ0v) is 13.5. The highest BCUT2D eigenvalue weighted by atomic mass is 32.2. The van der Waals surface area contributed by atoms with Gasteiger partial charge in [0.15, 0.2) is 0 Å². The number of rotatable bonds is 4. The van der Waals surface area contributed by atoms with Gasteiger partial charge in [-0.3, -0.25) is 4.79 Å². The van der Waals surface area contributed by atoms with Crippen molar-refractivity contribution in [3.8, 4) is 5.75 Å². The molecule has 114 valence electrons. The van der Waals surface area contributed by atoms with E-state index >= 15 is 0 Å². The lowest BCUT2D eigenvalue weighted by Gasteiger charge is -2.11. The maximum absolute atomic E-state index is 10.3. The van der Waals surface area contributed by atoms with Gasteiger partial charge in [0, 0.05) is 17.2 Å². The monoisotopic (exact) mass is 306 g/mol. The molecule has 0 amide bonds. The number of fused-ring (bicyclic) bond motifs is 1. The van der Waals surface area contributed by atoms with Crippen LogP contribution in [0, 0.1) is 0 Å². The molecule has 2 rings (SSSR count). The minimum atomic E-state index is -0.833. The van der Waals surface area contributed by atoms with E-state index in [0.29, 0.717) is 5.75 Å². The number of unbranched alkanes of at least 4 members (excludes halogenated alkanes) is 1. The van der Waals surface area contributed by atoms with E-state index in [0.717, 1.165) is 42.5 Å². The van der Waals surface area contributed by atoms with Gasteiger partial charge in [-0.05, 0) is 36.1 Å². The van der Waals surface area contributed by atoms with Crippen molar-refractivity contribution >= 4 is 28.5 Å². The molecule has 0 atom stereocenters. The standard InChI is InChI=1S/C15H18OS.C2H4O2/c1-3-4-7-11-10-14(17-2)12-8-5-6-9-13(12)15(11)16;1-2(3)4/h5-6,8-10,16H,3-4,7H2,1-2H3;1H3,(H,3,4). The number of carboxylic acid groups (broad SMARTS) is 1. The molecule has 2 N–H and O–H groups in total. The number of aryl methyl sites for hydroxylation is 1. The van der Waals surface area contributed by atoms with Gasteiger partial charge in [-0.2, -0.15) is 0 Å². The molecule has 0 aromatic heterocycles. The average molecular weight is 306 g/mol. The van der Waals surface area contributed by atoms with Crippen LogP contribution < -0.4 is 0 Å². The molecule has 2 aromatic rings. The van der Waals surface area contributed by atoms with E-state index in [4.69, 9.17) is 9.90 Å². The predicted octanol–water partition coefficient (Wildman–Crippen LogP) is 4.70. The summed E-state index contributed by atoms with van der Waals surface area (Å²) in [6.45, 7) is 3.26. The highest BCUT2D eigenvalue weighted by Crippen LogP contribution is 2.36. The van der Waals surface area contributed by atoms with Crippen molar-refractivity contribution in [3.05, 3.63) is 35.9 Å². The number of benzene rings is 2. The van der Waals surface area contributed by atoms with Crippen LogP contribution in [-0.2, 0) is 11.2 Å². The van der Waals surface area contributed by atoms with Crippen molar-refractivity contribution in [3.63, 3.8) is 0 Å². The highest BCUT2D eigenvalue weighted by Gasteiger charge is 2.09. The minimum Gasteiger partial charge on any atom is -0.507 e. The van der Waals surface area contributed by atoms with Gasteiger partial charge in [0.25, 0.3) is 5.97 Å². The summed E-state index contributed by atoms with van der Waals surface area (Å²) in [6, 6.07) is 10.2. The van der Waals surface area contributed by atoms with Crippen LogP contribution in [-0.4, -0.2) is 22.4 Å². The molecule has 4 heteroatoms. The zero-order chi connectivity index (χ0) is 15.8. The molecular weight excluding hydrogens is 284 g/mol. The first-order chi connectivity index (χ1) is 10.0. The van der Waals surface area contributed by atoms with E-state index in [-0.39, 0.29) is 0 Å². The quantitative estimate of drug-likeness (QED) is 0.804. The fourth-order valence-electron chi connectivity index (χ4n) is 2.11. The smallest absolute Gasteiger partial charge is 0.300 e. The third-order valence-electron chi connectivity index (χ3n) is 3.08. The molecule has 2 aromatic carbocycles. The molecule has 0 aliphatic rings. The lowest BCUT2D eigenvalue weighted by atomic mass is 10.0. The Morgan fingerprint density at radius 2 is 1.81 bits per heavy atom. The molecular formula is C17H22O3S. The van der Waals surface area contributed by atoms with Gasteiger partial charge in [0.2, 0.25) is 0 Å². The molecule has 0 spiro atoms. The fraction of sp³-hybridized carbons (Fsp3) is 0.353. The zero-order valence-electron chi connectivity index (χ0n) is 12.7. The number of hydrogen-bond donors (Lipinski definition) is 2. The highest BCUT2D eigenvalue weighted by molar-refractivity contribution is 7.98. The molecule has 0 unspecified atom stereocenters. The van der Waals surface area contributed by atoms with Gasteiger partial charge in [-0.25, -0.2) is 0 Å². The first kappa shape index (κ1) is 17.4. The number of thioether (sulfide) groups is 1. The van der Waals surface area contributed by atoms with Gasteiger partial charge in [0.05, 0.1) is 0 Å². The van der Waals surface area contributed by atoms with Crippen LogP contribution in [0.1, 0.15) is 32.3 Å². The first-order valence-corrected chi connectivity index (χ1v) is 8.20. The molecule has 0 heterocycles. The Labute approximate surface area is 130 Å². The second-order valence-corrected chi connectivity index (χ2v) is 5.60. The van der Waals surface area contributed by atoms with Crippen LogP contribution in [0.3, 0.4) is 0 Å². The van der Waals surface area contributed by atoms with Crippen molar-refractivity contribution in [2.45, 2.75) is 38.0 Å². The van der Waals surface area contributed by atoms with Crippen LogP contribution >= 0.6 is 11.8 Å². The van der Waals surface area contributed by atoms with Gasteiger partial charge < -0.3 is 10.2 Å². The van der Waals surface area contributed by atoms with Gasteiger partial charge >= 0.3 is 0 Å². The summed E-state index contributed by atoms with van der Waals surface area (Å²) in [4.78, 5) is 10.3. The van der Waals surface area contributed by atoms with Crippen molar-refractivity contribution < 1.29 is 15.0 Å². The summed E-state index contributed by atoms with van der Waals surface area (Å²) in [7, 11) is 0. The van der Waals surface area contributed by atoms with E-state index in [2.05, 4.69) is 25.3 Å². The average Bonchev–Trinajstić information content (AvgIpc) is 2.46. The third kappa shape index (κ3) is 4.97.